The molecule has 156 valence electrons. The molecule has 0 bridgehead atoms. The van der Waals surface area contributed by atoms with Gasteiger partial charge in [-0.15, -0.1) is 5.10 Å². The van der Waals surface area contributed by atoms with Crippen molar-refractivity contribution in [2.45, 2.75) is 6.92 Å². The molecule has 1 N–H and O–H groups in total. The molecular formula is C21H16N4O6. The molecule has 0 saturated heterocycles. The first-order valence-corrected chi connectivity index (χ1v) is 9.26. The van der Waals surface area contributed by atoms with Gasteiger partial charge >= 0.3 is 6.01 Å². The number of non-ortho nitro benzene ring substituents is 1. The number of amides is 1. The van der Waals surface area contributed by atoms with Crippen LogP contribution in [0.25, 0.3) is 28.7 Å². The molecule has 2 aromatic heterocycles. The predicted octanol–water partition coefficient (Wildman–Crippen LogP) is 4.44. The zero-order chi connectivity index (χ0) is 21.8. The van der Waals surface area contributed by atoms with E-state index in [4.69, 9.17) is 13.6 Å². The Balaban J connectivity index is 1.45. The van der Waals surface area contributed by atoms with Crippen LogP contribution < -0.4 is 10.1 Å². The number of furan rings is 1. The van der Waals surface area contributed by atoms with Gasteiger partial charge in [0.1, 0.15) is 0 Å². The number of nitrogens with one attached hydrogen (secondary N) is 1. The van der Waals surface area contributed by atoms with E-state index in [1.165, 1.54) is 36.4 Å². The van der Waals surface area contributed by atoms with Crippen LogP contribution in [0.4, 0.5) is 11.7 Å². The number of aromatic nitrogens is 2. The topological polar surface area (TPSA) is 134 Å². The fraction of sp³-hybridized carbons (Fsp3) is 0.0952. The maximum Gasteiger partial charge on any atom is 0.322 e. The number of para-hydroxylation sites is 1. The van der Waals surface area contributed by atoms with Crippen LogP contribution in [0.2, 0.25) is 0 Å². The Morgan fingerprint density at radius 3 is 2.74 bits per heavy atom. The molecule has 0 aliphatic heterocycles. The van der Waals surface area contributed by atoms with Gasteiger partial charge in [0.15, 0.2) is 17.1 Å². The lowest BCUT2D eigenvalue weighted by atomic mass is 10.2. The molecule has 31 heavy (non-hydrogen) atoms. The minimum atomic E-state index is -0.503. The van der Waals surface area contributed by atoms with E-state index in [1.54, 1.807) is 12.1 Å². The summed E-state index contributed by atoms with van der Waals surface area (Å²) in [6, 6.07) is 12.9. The summed E-state index contributed by atoms with van der Waals surface area (Å²) in [5, 5.41) is 21.6. The SMILES string of the molecule is CCOc1cccc2cc(-c3nnc(NC(=O)/C=C\c4ccc([N+](=O)[O-])cc4)o3)oc12. The van der Waals surface area contributed by atoms with Crippen LogP contribution in [0.15, 0.2) is 63.4 Å². The summed E-state index contributed by atoms with van der Waals surface area (Å²) in [6.45, 7) is 2.38. The third-order valence-corrected chi connectivity index (χ3v) is 4.20. The molecule has 0 spiro atoms. The molecule has 1 amide bonds. The summed E-state index contributed by atoms with van der Waals surface area (Å²) in [7, 11) is 0. The Morgan fingerprint density at radius 1 is 1.19 bits per heavy atom. The molecule has 0 fully saturated rings. The molecule has 2 heterocycles. The fourth-order valence-electron chi connectivity index (χ4n) is 2.81. The van der Waals surface area contributed by atoms with E-state index in [0.717, 1.165) is 5.39 Å². The second-order valence-electron chi connectivity index (χ2n) is 6.30. The van der Waals surface area contributed by atoms with Gasteiger partial charge in [-0.2, -0.15) is 0 Å². The molecule has 4 rings (SSSR count). The van der Waals surface area contributed by atoms with Crippen LogP contribution in [0, 0.1) is 10.1 Å². The lowest BCUT2D eigenvalue weighted by Crippen LogP contribution is -2.07. The Bertz CT molecular complexity index is 1270. The molecule has 10 heteroatoms. The van der Waals surface area contributed by atoms with Gasteiger partial charge < -0.3 is 13.6 Å². The largest absolute Gasteiger partial charge is 0.490 e. The smallest absolute Gasteiger partial charge is 0.322 e. The molecule has 0 atom stereocenters. The van der Waals surface area contributed by atoms with Crippen molar-refractivity contribution in [3.63, 3.8) is 0 Å². The van der Waals surface area contributed by atoms with Crippen molar-refractivity contribution in [3.8, 4) is 17.4 Å². The number of nitrogens with zero attached hydrogens (tertiary/aromatic N) is 3. The van der Waals surface area contributed by atoms with Gasteiger partial charge in [0.05, 0.1) is 11.5 Å². The normalized spacial score (nSPS) is 11.1. The first-order chi connectivity index (χ1) is 15.0. The van der Waals surface area contributed by atoms with E-state index in [1.807, 2.05) is 19.1 Å². The van der Waals surface area contributed by atoms with Crippen molar-refractivity contribution in [3.05, 3.63) is 70.3 Å². The highest BCUT2D eigenvalue weighted by atomic mass is 16.6. The fourth-order valence-corrected chi connectivity index (χ4v) is 2.81. The zero-order valence-electron chi connectivity index (χ0n) is 16.3. The number of benzene rings is 2. The second kappa shape index (κ2) is 8.49. The number of carbonyl (C=O) groups excluding carboxylic acids is 1. The van der Waals surface area contributed by atoms with Crippen molar-refractivity contribution in [1.29, 1.82) is 0 Å². The second-order valence-corrected chi connectivity index (χ2v) is 6.30. The third-order valence-electron chi connectivity index (χ3n) is 4.20. The number of carbonyl (C=O) groups is 1. The summed E-state index contributed by atoms with van der Waals surface area (Å²) >= 11 is 0. The zero-order valence-corrected chi connectivity index (χ0v) is 16.3. The van der Waals surface area contributed by atoms with Gasteiger partial charge in [-0.25, -0.2) is 0 Å². The maximum atomic E-state index is 12.1. The highest BCUT2D eigenvalue weighted by Crippen LogP contribution is 2.33. The van der Waals surface area contributed by atoms with Crippen LogP contribution in [-0.2, 0) is 4.79 Å². The average molecular weight is 420 g/mol. The molecule has 4 aromatic rings. The van der Waals surface area contributed by atoms with E-state index in [0.29, 0.717) is 29.3 Å². The lowest BCUT2D eigenvalue weighted by molar-refractivity contribution is -0.384. The van der Waals surface area contributed by atoms with Gasteiger partial charge in [0.25, 0.3) is 17.5 Å². The average Bonchev–Trinajstić information content (AvgIpc) is 3.40. The minimum absolute atomic E-state index is 0.0287. The summed E-state index contributed by atoms with van der Waals surface area (Å²) in [4.78, 5) is 22.3. The standard InChI is InChI=1S/C21H16N4O6/c1-2-29-16-5-3-4-14-12-17(30-19(14)16)20-23-24-21(31-20)22-18(26)11-8-13-6-9-15(10-7-13)25(27)28/h3-12H,2H2,1H3,(H,22,24,26)/b11-8-. The quantitative estimate of drug-likeness (QED) is 0.263. The van der Waals surface area contributed by atoms with Gasteiger partial charge in [-0.1, -0.05) is 17.2 Å². The van der Waals surface area contributed by atoms with Crippen molar-refractivity contribution in [1.82, 2.24) is 10.2 Å². The van der Waals surface area contributed by atoms with Crippen LogP contribution >= 0.6 is 0 Å². The summed E-state index contributed by atoms with van der Waals surface area (Å²) < 4.78 is 16.8. The summed E-state index contributed by atoms with van der Waals surface area (Å²) in [5.41, 5.74) is 1.16. The molecule has 10 nitrogen and oxygen atoms in total. The monoisotopic (exact) mass is 420 g/mol. The van der Waals surface area contributed by atoms with Crippen LogP contribution in [0.1, 0.15) is 12.5 Å². The minimum Gasteiger partial charge on any atom is -0.490 e. The van der Waals surface area contributed by atoms with Crippen LogP contribution in [0.3, 0.4) is 0 Å². The Kier molecular flexibility index (Phi) is 5.43. The van der Waals surface area contributed by atoms with Crippen LogP contribution in [0.5, 0.6) is 5.75 Å². The Labute approximate surface area is 175 Å². The van der Waals surface area contributed by atoms with Gasteiger partial charge in [-0.3, -0.25) is 20.2 Å². The number of nitro benzene ring substituents is 1. The molecular weight excluding hydrogens is 404 g/mol. The Hall–Kier alpha value is -4.47. The first kappa shape index (κ1) is 19.8. The van der Waals surface area contributed by atoms with Crippen molar-refractivity contribution >= 4 is 34.7 Å². The summed E-state index contributed by atoms with van der Waals surface area (Å²) in [6.07, 6.45) is 2.76. The van der Waals surface area contributed by atoms with E-state index in [9.17, 15) is 14.9 Å². The number of ether oxygens (including phenoxy) is 1. The van der Waals surface area contributed by atoms with Gasteiger partial charge in [0, 0.05) is 23.6 Å². The van der Waals surface area contributed by atoms with E-state index >= 15 is 0 Å². The number of fused-ring (bicyclic) bond motifs is 1. The molecule has 0 unspecified atom stereocenters. The van der Waals surface area contributed by atoms with Crippen molar-refractivity contribution < 1.29 is 23.3 Å². The van der Waals surface area contributed by atoms with Gasteiger partial charge in [-0.05, 0) is 42.8 Å². The highest BCUT2D eigenvalue weighted by Gasteiger charge is 2.16. The van der Waals surface area contributed by atoms with E-state index in [2.05, 4.69) is 15.5 Å². The highest BCUT2D eigenvalue weighted by molar-refractivity contribution is 6.00. The molecule has 0 aliphatic carbocycles. The first-order valence-electron chi connectivity index (χ1n) is 9.26. The van der Waals surface area contributed by atoms with E-state index < -0.39 is 10.8 Å². The molecule has 2 aromatic carbocycles. The third kappa shape index (κ3) is 4.42. The molecule has 0 aliphatic rings. The molecule has 0 saturated carbocycles. The number of anilines is 1. The molecule has 0 radical (unpaired) electrons. The maximum absolute atomic E-state index is 12.1. The number of nitro groups is 1. The number of rotatable bonds is 7. The Morgan fingerprint density at radius 2 is 2.00 bits per heavy atom. The summed E-state index contributed by atoms with van der Waals surface area (Å²) in [5.74, 6) is 0.553. The van der Waals surface area contributed by atoms with Crippen molar-refractivity contribution in [2.24, 2.45) is 0 Å². The number of hydrogen-bond donors (Lipinski definition) is 1. The van der Waals surface area contributed by atoms with Crippen LogP contribution in [-0.4, -0.2) is 27.6 Å². The lowest BCUT2D eigenvalue weighted by Gasteiger charge is -2.01. The predicted molar refractivity (Wildman–Crippen MR) is 111 cm³/mol. The van der Waals surface area contributed by atoms with Gasteiger partial charge in [0.2, 0.25) is 0 Å². The van der Waals surface area contributed by atoms with Crippen molar-refractivity contribution in [2.75, 3.05) is 11.9 Å². The number of hydrogen-bond acceptors (Lipinski definition) is 8. The van der Waals surface area contributed by atoms with E-state index in [-0.39, 0.29) is 17.6 Å².